The molecule has 0 saturated heterocycles. The van der Waals surface area contributed by atoms with E-state index in [0.29, 0.717) is 6.42 Å². The summed E-state index contributed by atoms with van der Waals surface area (Å²) in [5.41, 5.74) is 1.46. The van der Waals surface area contributed by atoms with Gasteiger partial charge < -0.3 is 9.67 Å². The summed E-state index contributed by atoms with van der Waals surface area (Å²) in [5, 5.41) is 10.6. The van der Waals surface area contributed by atoms with Crippen LogP contribution in [-0.2, 0) is 13.0 Å². The summed E-state index contributed by atoms with van der Waals surface area (Å²) in [7, 11) is 0. The largest absolute Gasteiger partial charge is 0.385 e. The maximum atomic E-state index is 10.6. The number of allylic oxidation sites excluding steroid dienone is 1. The first-order chi connectivity index (χ1) is 9.22. The smallest absolute Gasteiger partial charge is 0.113 e. The van der Waals surface area contributed by atoms with Crippen LogP contribution in [0.4, 0.5) is 0 Å². The third-order valence-corrected chi connectivity index (χ3v) is 3.92. The molecule has 1 unspecified atom stereocenters. The van der Waals surface area contributed by atoms with E-state index in [9.17, 15) is 5.11 Å². The molecule has 1 atom stereocenters. The van der Waals surface area contributed by atoms with Crippen LogP contribution in [0.1, 0.15) is 32.0 Å². The van der Waals surface area contributed by atoms with Crippen molar-refractivity contribution in [2.45, 2.75) is 44.8 Å². The fourth-order valence-corrected chi connectivity index (χ4v) is 2.95. The predicted octanol–water partition coefficient (Wildman–Crippen LogP) is 3.07. The lowest BCUT2D eigenvalue weighted by molar-refractivity contribution is 0.0723. The molecule has 19 heavy (non-hydrogen) atoms. The van der Waals surface area contributed by atoms with E-state index in [2.05, 4.69) is 23.6 Å². The Bertz CT molecular complexity index is 614. The maximum Gasteiger partial charge on any atom is 0.113 e. The van der Waals surface area contributed by atoms with Crippen LogP contribution in [0.5, 0.6) is 0 Å². The number of nitrogens with zero attached hydrogens (tertiary/aromatic N) is 2. The van der Waals surface area contributed by atoms with E-state index in [-0.39, 0.29) is 0 Å². The van der Waals surface area contributed by atoms with Gasteiger partial charge in [0.25, 0.3) is 0 Å². The maximum absolute atomic E-state index is 10.6. The topological polar surface area (TPSA) is 38.0 Å². The molecule has 1 aliphatic carbocycles. The van der Waals surface area contributed by atoms with E-state index >= 15 is 0 Å². The number of fused-ring (bicyclic) bond motifs is 1. The Morgan fingerprint density at radius 3 is 2.95 bits per heavy atom. The number of rotatable bonds is 3. The van der Waals surface area contributed by atoms with Crippen molar-refractivity contribution in [2.24, 2.45) is 0 Å². The second kappa shape index (κ2) is 4.82. The van der Waals surface area contributed by atoms with Crippen LogP contribution in [0.15, 0.2) is 36.4 Å². The Balaban J connectivity index is 2.00. The van der Waals surface area contributed by atoms with E-state index in [4.69, 9.17) is 4.98 Å². The van der Waals surface area contributed by atoms with Gasteiger partial charge in [-0.05, 0) is 38.3 Å². The van der Waals surface area contributed by atoms with Crippen LogP contribution >= 0.6 is 0 Å². The average Bonchev–Trinajstić information content (AvgIpc) is 2.75. The van der Waals surface area contributed by atoms with Gasteiger partial charge in [-0.1, -0.05) is 24.3 Å². The molecular weight excluding hydrogens is 236 g/mol. The molecule has 0 bridgehead atoms. The van der Waals surface area contributed by atoms with Crippen LogP contribution in [0, 0.1) is 0 Å². The molecule has 0 amide bonds. The van der Waals surface area contributed by atoms with Gasteiger partial charge in [-0.3, -0.25) is 0 Å². The predicted molar refractivity (Wildman–Crippen MR) is 77.1 cm³/mol. The van der Waals surface area contributed by atoms with Crippen molar-refractivity contribution in [1.82, 2.24) is 9.55 Å². The van der Waals surface area contributed by atoms with E-state index in [1.807, 2.05) is 24.3 Å². The molecule has 100 valence electrons. The minimum Gasteiger partial charge on any atom is -0.385 e. The quantitative estimate of drug-likeness (QED) is 0.857. The van der Waals surface area contributed by atoms with Crippen molar-refractivity contribution in [1.29, 1.82) is 0 Å². The first-order valence-corrected chi connectivity index (χ1v) is 7.06. The number of hydrogen-bond acceptors (Lipinski definition) is 2. The highest BCUT2D eigenvalue weighted by molar-refractivity contribution is 5.75. The van der Waals surface area contributed by atoms with Crippen molar-refractivity contribution in [3.8, 4) is 0 Å². The highest BCUT2D eigenvalue weighted by Gasteiger charge is 2.28. The summed E-state index contributed by atoms with van der Waals surface area (Å²) in [5.74, 6) is 0.984. The van der Waals surface area contributed by atoms with Crippen LogP contribution in [0.2, 0.25) is 0 Å². The van der Waals surface area contributed by atoms with Gasteiger partial charge in [0.2, 0.25) is 0 Å². The van der Waals surface area contributed by atoms with Crippen molar-refractivity contribution in [3.05, 3.63) is 42.2 Å². The zero-order valence-corrected chi connectivity index (χ0v) is 11.3. The minimum atomic E-state index is -0.716. The van der Waals surface area contributed by atoms with E-state index in [1.165, 1.54) is 0 Å². The van der Waals surface area contributed by atoms with Crippen molar-refractivity contribution >= 4 is 11.0 Å². The van der Waals surface area contributed by atoms with Crippen molar-refractivity contribution in [3.63, 3.8) is 0 Å². The highest BCUT2D eigenvalue weighted by Crippen LogP contribution is 2.27. The Labute approximate surface area is 113 Å². The van der Waals surface area contributed by atoms with Crippen molar-refractivity contribution < 1.29 is 5.11 Å². The Morgan fingerprint density at radius 2 is 2.21 bits per heavy atom. The third-order valence-electron chi connectivity index (χ3n) is 3.92. The molecule has 2 aromatic rings. The van der Waals surface area contributed by atoms with Gasteiger partial charge in [0.05, 0.1) is 16.6 Å². The molecule has 3 heteroatoms. The van der Waals surface area contributed by atoms with Gasteiger partial charge in [-0.25, -0.2) is 4.98 Å². The standard InChI is InChI=1S/C16H20N2O/c1-2-18-14-9-5-4-8-13(14)17-15(18)12-16(19)10-6-3-7-11-16/h4-6,8-10,19H,2-3,7,11-12H2,1H3. The zero-order chi connectivity index (χ0) is 13.3. The number of aryl methyl sites for hydroxylation is 1. The number of hydrogen-bond donors (Lipinski definition) is 1. The molecule has 3 rings (SSSR count). The fraction of sp³-hybridized carbons (Fsp3) is 0.438. The number of benzene rings is 1. The summed E-state index contributed by atoms with van der Waals surface area (Å²) in [6.07, 6.45) is 7.60. The fourth-order valence-electron chi connectivity index (χ4n) is 2.95. The minimum absolute atomic E-state index is 0.603. The monoisotopic (exact) mass is 256 g/mol. The molecular formula is C16H20N2O. The lowest BCUT2D eigenvalue weighted by Gasteiger charge is -2.27. The molecule has 0 radical (unpaired) electrons. The van der Waals surface area contributed by atoms with E-state index in [1.54, 1.807) is 0 Å². The van der Waals surface area contributed by atoms with Gasteiger partial charge in [0.15, 0.2) is 0 Å². The van der Waals surface area contributed by atoms with Gasteiger partial charge >= 0.3 is 0 Å². The van der Waals surface area contributed by atoms with Crippen LogP contribution < -0.4 is 0 Å². The zero-order valence-electron chi connectivity index (χ0n) is 11.3. The lowest BCUT2D eigenvalue weighted by Crippen LogP contribution is -2.31. The number of aliphatic hydroxyl groups is 1. The molecule has 0 saturated carbocycles. The molecule has 0 fully saturated rings. The summed E-state index contributed by atoms with van der Waals surface area (Å²) in [6, 6.07) is 8.17. The SMILES string of the molecule is CCn1c(CC2(O)C=CCCC2)nc2ccccc21. The third kappa shape index (κ3) is 2.30. The highest BCUT2D eigenvalue weighted by atomic mass is 16.3. The van der Waals surface area contributed by atoms with Gasteiger partial charge in [0.1, 0.15) is 5.82 Å². The summed E-state index contributed by atoms with van der Waals surface area (Å²) >= 11 is 0. The van der Waals surface area contributed by atoms with Gasteiger partial charge in [-0.15, -0.1) is 0 Å². The first kappa shape index (κ1) is 12.4. The van der Waals surface area contributed by atoms with E-state index < -0.39 is 5.60 Å². The number of imidazole rings is 1. The van der Waals surface area contributed by atoms with Gasteiger partial charge in [-0.2, -0.15) is 0 Å². The summed E-state index contributed by atoms with van der Waals surface area (Å²) in [4.78, 5) is 4.69. The molecule has 0 spiro atoms. The molecule has 1 aromatic carbocycles. The second-order valence-corrected chi connectivity index (χ2v) is 5.34. The first-order valence-electron chi connectivity index (χ1n) is 7.06. The Kier molecular flexibility index (Phi) is 3.15. The van der Waals surface area contributed by atoms with Crippen LogP contribution in [0.25, 0.3) is 11.0 Å². The molecule has 1 aliphatic rings. The Morgan fingerprint density at radius 1 is 1.37 bits per heavy atom. The summed E-state index contributed by atoms with van der Waals surface area (Å²) in [6.45, 7) is 3.01. The van der Waals surface area contributed by atoms with Gasteiger partial charge in [0, 0.05) is 13.0 Å². The van der Waals surface area contributed by atoms with Crippen molar-refractivity contribution in [2.75, 3.05) is 0 Å². The summed E-state index contributed by atoms with van der Waals surface area (Å²) < 4.78 is 2.20. The Hall–Kier alpha value is -1.61. The van der Waals surface area contributed by atoms with Crippen LogP contribution in [-0.4, -0.2) is 20.3 Å². The normalized spacial score (nSPS) is 23.1. The number of para-hydroxylation sites is 2. The molecule has 1 aromatic heterocycles. The second-order valence-electron chi connectivity index (χ2n) is 5.34. The average molecular weight is 256 g/mol. The molecule has 0 aliphatic heterocycles. The molecule has 1 heterocycles. The molecule has 1 N–H and O–H groups in total. The number of aromatic nitrogens is 2. The lowest BCUT2D eigenvalue weighted by atomic mass is 9.88. The van der Waals surface area contributed by atoms with Crippen LogP contribution in [0.3, 0.4) is 0 Å². The molecule has 3 nitrogen and oxygen atoms in total. The van der Waals surface area contributed by atoms with E-state index in [0.717, 1.165) is 42.7 Å².